The maximum absolute atomic E-state index is 11.6. The summed E-state index contributed by atoms with van der Waals surface area (Å²) in [6, 6.07) is 80.9. The fourth-order valence-electron chi connectivity index (χ4n) is 17.0. The normalized spacial score (nSPS) is 16.1. The number of pyridine rings is 1. The number of nitrogens with zero attached hydrogens (tertiary/aromatic N) is 14. The predicted molar refractivity (Wildman–Crippen MR) is 550 cm³/mol. The van der Waals surface area contributed by atoms with Crippen molar-refractivity contribution < 1.29 is 56.3 Å². The van der Waals surface area contributed by atoms with Crippen LogP contribution in [0, 0.1) is 0 Å². The Morgan fingerprint density at radius 2 is 0.779 bits per heavy atom. The van der Waals surface area contributed by atoms with E-state index < -0.39 is 15.6 Å². The van der Waals surface area contributed by atoms with Gasteiger partial charge in [-0.05, 0) is 169 Å². The Hall–Kier alpha value is -14.9. The molecule has 13 aromatic rings. The van der Waals surface area contributed by atoms with Crippen LogP contribution in [0.25, 0.3) is 10.9 Å². The second-order valence-corrected chi connectivity index (χ2v) is 38.2. The average molecular weight is 1930 g/mol. The molecular weight excluding hydrogens is 1810 g/mol. The van der Waals surface area contributed by atoms with Crippen molar-refractivity contribution in [2.45, 2.75) is 93.8 Å². The van der Waals surface area contributed by atoms with Crippen LogP contribution in [0.5, 0.6) is 5.75 Å². The van der Waals surface area contributed by atoms with Crippen LogP contribution in [0.4, 0.5) is 34.1 Å². The number of sulfone groups is 1. The third-order valence-corrected chi connectivity index (χ3v) is 28.2. The number of amides is 9. The van der Waals surface area contributed by atoms with Crippen LogP contribution in [-0.2, 0) is 122 Å². The number of thioether (sulfide) groups is 1. The quantitative estimate of drug-likeness (QED) is 0.142. The van der Waals surface area contributed by atoms with Gasteiger partial charge in [0.25, 0.3) is 23.3 Å². The molecule has 726 valence electrons. The van der Waals surface area contributed by atoms with Crippen LogP contribution in [0.3, 0.4) is 0 Å². The molecule has 0 atom stereocenters. The van der Waals surface area contributed by atoms with Crippen molar-refractivity contribution >= 4 is 120 Å². The second-order valence-electron chi connectivity index (χ2n) is 35.2. The monoisotopic (exact) mass is 1920 g/mol. The van der Waals surface area contributed by atoms with E-state index in [1.165, 1.54) is 66.2 Å². The van der Waals surface area contributed by atoms with E-state index in [1.807, 2.05) is 268 Å². The number of benzene rings is 10. The first kappa shape index (κ1) is 102. The molecular formula is C109H120N16O13S2. The molecule has 29 nitrogen and oxygen atoms in total. The lowest BCUT2D eigenvalue weighted by Crippen LogP contribution is -2.37. The van der Waals surface area contributed by atoms with Gasteiger partial charge in [-0.15, -0.1) is 11.8 Å². The molecule has 24 rings (SSSR count). The second kappa shape index (κ2) is 47.9. The Morgan fingerprint density at radius 1 is 0.321 bits per heavy atom. The van der Waals surface area contributed by atoms with Gasteiger partial charge in [0.2, 0.25) is 35.4 Å². The van der Waals surface area contributed by atoms with Crippen molar-refractivity contribution in [1.29, 1.82) is 0 Å². The maximum atomic E-state index is 11.6. The molecule has 3 aromatic heterocycles. The zero-order chi connectivity index (χ0) is 99.8. The number of anilines is 6. The number of para-hydroxylation sites is 8. The standard InChI is InChI=1S/4C10H11NO.C10H9NO.C9H9NO3S.C9H9NO2.C9H9NOS.2C9H9NO.2C7H11N3/c1-11-7-9-5-3-2-4-8(9)6-10(11)12;1-11-7-6-8-4-2-3-5-9(8)10(11)12;3*1-11-9-5-3-2-4-8(9)6-7-10(11)12;1-10-7-4-2-3-5-8(7)14(12,13)6-9(10)11;2*1-10-7-4-2-3-5-8(7)12-6-9(10)11;1-10-6-7-4-2-3-5-8(7)9(10)11;1-10-8-5-3-2-4-7(8)6-9(10)11;1-10-3-2-7-6(5-10)4-8-9-7;1-10-3-2-6-4-8-9-7(6)5-10/h4*2-5H,6-7H2,1H3;2-7H,1H3;2-5H,6H2,1H3;2*2-5H,6H2,1H3;2*2-5H,6H2,1H3;2*4H,2-3,5H2,1H3,(H,8,9). The Morgan fingerprint density at radius 3 is 1.43 bits per heavy atom. The lowest BCUT2D eigenvalue weighted by molar-refractivity contribution is -0.130. The number of aromatic nitrogens is 5. The lowest BCUT2D eigenvalue weighted by atomic mass is 10.00. The summed E-state index contributed by atoms with van der Waals surface area (Å²) in [7, 11) is 18.8. The minimum atomic E-state index is -3.42. The highest BCUT2D eigenvalue weighted by Gasteiger charge is 2.33. The van der Waals surface area contributed by atoms with E-state index in [2.05, 4.69) is 62.5 Å². The van der Waals surface area contributed by atoms with Crippen molar-refractivity contribution in [2.24, 2.45) is 7.05 Å². The molecule has 0 aliphatic carbocycles. The van der Waals surface area contributed by atoms with E-state index >= 15 is 0 Å². The van der Waals surface area contributed by atoms with Crippen LogP contribution in [0.2, 0.25) is 0 Å². The summed E-state index contributed by atoms with van der Waals surface area (Å²) in [5.41, 5.74) is 22.1. The molecule has 2 N–H and O–H groups in total. The van der Waals surface area contributed by atoms with Crippen molar-refractivity contribution in [3.63, 3.8) is 0 Å². The van der Waals surface area contributed by atoms with E-state index in [0.717, 1.165) is 145 Å². The van der Waals surface area contributed by atoms with Gasteiger partial charge in [0.05, 0.1) is 64.2 Å². The number of aryl methyl sites for hydroxylation is 3. The van der Waals surface area contributed by atoms with E-state index in [4.69, 9.17) is 4.74 Å². The predicted octanol–water partition coefficient (Wildman–Crippen LogP) is 13.8. The first-order valence-corrected chi connectivity index (χ1v) is 49.0. The van der Waals surface area contributed by atoms with E-state index in [1.54, 1.807) is 101 Å². The van der Waals surface area contributed by atoms with Crippen LogP contribution >= 0.6 is 11.8 Å². The van der Waals surface area contributed by atoms with Gasteiger partial charge in [-0.2, -0.15) is 10.2 Å². The fourth-order valence-corrected chi connectivity index (χ4v) is 19.5. The molecule has 14 heterocycles. The highest BCUT2D eigenvalue weighted by atomic mass is 32.2. The number of aromatic amines is 2. The van der Waals surface area contributed by atoms with Gasteiger partial charge in [-0.1, -0.05) is 170 Å². The zero-order valence-electron chi connectivity index (χ0n) is 81.2. The van der Waals surface area contributed by atoms with E-state index in [0.29, 0.717) is 37.1 Å². The molecule has 0 spiro atoms. The molecule has 10 aromatic carbocycles. The topological polar surface area (TPSA) is 312 Å². The van der Waals surface area contributed by atoms with Gasteiger partial charge in [-0.25, -0.2) is 8.42 Å². The number of hydrogen-bond acceptors (Lipinski definition) is 18. The third-order valence-electron chi connectivity index (χ3n) is 25.5. The fraction of sp³-hybridized carbons (Fsp3) is 0.284. The van der Waals surface area contributed by atoms with Crippen LogP contribution < -0.4 is 39.7 Å². The summed E-state index contributed by atoms with van der Waals surface area (Å²) in [5.74, 6) is 1.82. The van der Waals surface area contributed by atoms with Crippen LogP contribution in [-0.4, -0.2) is 226 Å². The smallest absolute Gasteiger partial charge is 0.264 e. The number of nitrogens with one attached hydrogen (secondary N) is 2. The largest absolute Gasteiger partial charge is 0.482 e. The molecule has 0 radical (unpaired) electrons. The molecule has 140 heavy (non-hydrogen) atoms. The number of rotatable bonds is 0. The Bertz CT molecular complexity index is 6520. The Labute approximate surface area is 821 Å². The number of carbonyl (C=O) groups excluding carboxylic acids is 9. The van der Waals surface area contributed by atoms with Gasteiger partial charge >= 0.3 is 0 Å². The van der Waals surface area contributed by atoms with Crippen LogP contribution in [0.1, 0.15) is 95.0 Å². The van der Waals surface area contributed by atoms with Crippen molar-refractivity contribution in [1.82, 2.24) is 49.5 Å². The molecule has 11 aliphatic heterocycles. The first-order valence-electron chi connectivity index (χ1n) is 46.3. The molecule has 11 aliphatic rings. The minimum Gasteiger partial charge on any atom is -0.482 e. The molecule has 0 unspecified atom stereocenters. The van der Waals surface area contributed by atoms with Crippen molar-refractivity contribution in [3.05, 3.63) is 350 Å². The number of likely N-dealkylation sites (N-methyl/N-ethyl adjacent to an activating group) is 6. The molecule has 0 bridgehead atoms. The average Bonchev–Trinajstić information content (AvgIpc) is 1.05. The van der Waals surface area contributed by atoms with Gasteiger partial charge < -0.3 is 63.2 Å². The molecule has 0 saturated heterocycles. The van der Waals surface area contributed by atoms with Gasteiger partial charge in [0.15, 0.2) is 16.4 Å². The Kier molecular flexibility index (Phi) is 35.1. The highest BCUT2D eigenvalue weighted by molar-refractivity contribution is 8.00. The first-order chi connectivity index (χ1) is 67.3. The van der Waals surface area contributed by atoms with Crippen LogP contribution in [0.15, 0.2) is 282 Å². The maximum Gasteiger partial charge on any atom is 0.264 e. The minimum absolute atomic E-state index is 0.00583. The summed E-state index contributed by atoms with van der Waals surface area (Å²) < 4.78 is 30.0. The number of hydrogen-bond donors (Lipinski definition) is 2. The molecule has 9 amide bonds. The third kappa shape index (κ3) is 25.9. The van der Waals surface area contributed by atoms with E-state index in [-0.39, 0.29) is 70.2 Å². The molecule has 0 fully saturated rings. The SMILES string of the molecule is CN1C(=O)CCc2ccccc21.CN1C(=O)CCc2ccccc21.CN1C(=O)COc2ccccc21.CN1C(=O)CS(=O)(=O)c2ccccc21.CN1C(=O)CSc2ccccc21.CN1C(=O)Cc2ccccc21.CN1CCc2[nH]ncc2C1.CN1CCc2ccccc2C1=O.CN1CCc2cn[nH]c2C1.CN1Cc2ccccc2C1=O.CN1Cc2ccccc2CC1=O.Cn1c(=O)ccc2ccccc21. The summed E-state index contributed by atoms with van der Waals surface area (Å²) in [6.45, 7) is 6.89. The Balaban J connectivity index is 0.000000129. The summed E-state index contributed by atoms with van der Waals surface area (Å²) in [6.07, 6.45) is 11.3. The van der Waals surface area contributed by atoms with Gasteiger partial charge in [0.1, 0.15) is 11.5 Å². The summed E-state index contributed by atoms with van der Waals surface area (Å²) in [4.78, 5) is 134. The molecule has 31 heteroatoms. The summed E-state index contributed by atoms with van der Waals surface area (Å²) in [5, 5.41) is 15.1. The van der Waals surface area contributed by atoms with Gasteiger partial charge in [-0.3, -0.25) is 58.1 Å². The lowest BCUT2D eigenvalue weighted by Gasteiger charge is -2.25. The van der Waals surface area contributed by atoms with E-state index in [9.17, 15) is 56.4 Å². The van der Waals surface area contributed by atoms with Gasteiger partial charge in [0, 0.05) is 186 Å². The number of carbonyl (C=O) groups is 9. The highest BCUT2D eigenvalue weighted by Crippen LogP contribution is 2.36. The van der Waals surface area contributed by atoms with Crippen molar-refractivity contribution in [3.8, 4) is 5.75 Å². The summed E-state index contributed by atoms with van der Waals surface area (Å²) >= 11 is 1.61. The molecule has 0 saturated carbocycles. The van der Waals surface area contributed by atoms with Crippen molar-refractivity contribution in [2.75, 3.05) is 145 Å². The number of fused-ring (bicyclic) bond motifs is 12. The zero-order valence-corrected chi connectivity index (χ0v) is 82.9. The number of ether oxygens (including phenoxy) is 1. The number of H-pyrrole nitrogens is 2.